The highest BCUT2D eigenvalue weighted by Crippen LogP contribution is 2.16. The first kappa shape index (κ1) is 9.55. The number of hydrogen-bond donors (Lipinski definition) is 0. The van der Waals surface area contributed by atoms with Gasteiger partial charge in [-0.1, -0.05) is 24.6 Å². The molecule has 66 valence electrons. The van der Waals surface area contributed by atoms with Gasteiger partial charge in [0.25, 0.3) is 0 Å². The third-order valence-corrected chi connectivity index (χ3v) is 3.50. The minimum Gasteiger partial charge on any atom is -0.224 e. The van der Waals surface area contributed by atoms with Crippen molar-refractivity contribution < 1.29 is 8.42 Å². The van der Waals surface area contributed by atoms with Crippen molar-refractivity contribution in [1.29, 1.82) is 0 Å². The van der Waals surface area contributed by atoms with Gasteiger partial charge in [-0.15, -0.1) is 0 Å². The third-order valence-electron chi connectivity index (χ3n) is 1.54. The molecule has 1 aromatic rings. The van der Waals surface area contributed by atoms with E-state index in [0.717, 1.165) is 0 Å². The Labute approximate surface area is 77.1 Å². The maximum absolute atomic E-state index is 11.3. The van der Waals surface area contributed by atoms with Crippen LogP contribution in [0.3, 0.4) is 0 Å². The summed E-state index contributed by atoms with van der Waals surface area (Å²) in [5.74, 6) is 0.105. The first-order chi connectivity index (χ1) is 5.56. The number of rotatable bonds is 2. The lowest BCUT2D eigenvalue weighted by molar-refractivity contribution is 0.597. The summed E-state index contributed by atoms with van der Waals surface area (Å²) >= 11 is 5.64. The molecule has 0 bridgehead atoms. The summed E-state index contributed by atoms with van der Waals surface area (Å²) in [5, 5.41) is 0.449. The molecule has 0 aliphatic heterocycles. The Kier molecular flexibility index (Phi) is 2.75. The Morgan fingerprint density at radius 2 is 2.08 bits per heavy atom. The molecular formula is C8H9ClO2S. The zero-order valence-electron chi connectivity index (χ0n) is 6.62. The fourth-order valence-electron chi connectivity index (χ4n) is 0.827. The van der Waals surface area contributed by atoms with Crippen molar-refractivity contribution in [1.82, 2.24) is 0 Å². The topological polar surface area (TPSA) is 34.1 Å². The van der Waals surface area contributed by atoms with Crippen molar-refractivity contribution in [3.63, 3.8) is 0 Å². The van der Waals surface area contributed by atoms with Gasteiger partial charge < -0.3 is 0 Å². The molecule has 4 heteroatoms. The van der Waals surface area contributed by atoms with Gasteiger partial charge in [-0.3, -0.25) is 0 Å². The lowest BCUT2D eigenvalue weighted by Gasteiger charge is -2.00. The van der Waals surface area contributed by atoms with Gasteiger partial charge in [-0.25, -0.2) is 8.42 Å². The Balaban J connectivity index is 3.21. The Bertz CT molecular complexity index is 370. The van der Waals surface area contributed by atoms with Crippen LogP contribution in [0, 0.1) is 0 Å². The maximum Gasteiger partial charge on any atom is 0.178 e. The molecule has 1 aromatic carbocycles. The first-order valence-corrected chi connectivity index (χ1v) is 5.57. The summed E-state index contributed by atoms with van der Waals surface area (Å²) in [5.41, 5.74) is 0. The SMILES string of the molecule is CCS(=O)(=O)c1cccc(Cl)c1. The molecule has 0 amide bonds. The molecule has 0 aromatic heterocycles. The van der Waals surface area contributed by atoms with E-state index in [2.05, 4.69) is 0 Å². The highest BCUT2D eigenvalue weighted by atomic mass is 35.5. The Morgan fingerprint density at radius 3 is 2.58 bits per heavy atom. The van der Waals surface area contributed by atoms with Crippen molar-refractivity contribution in [2.24, 2.45) is 0 Å². The van der Waals surface area contributed by atoms with Gasteiger partial charge in [-0.2, -0.15) is 0 Å². The molecule has 1 rings (SSSR count). The van der Waals surface area contributed by atoms with E-state index in [1.54, 1.807) is 25.1 Å². The Hall–Kier alpha value is -0.540. The second kappa shape index (κ2) is 3.46. The molecule has 0 N–H and O–H groups in total. The van der Waals surface area contributed by atoms with Crippen LogP contribution in [0.1, 0.15) is 6.92 Å². The van der Waals surface area contributed by atoms with Crippen LogP contribution in [-0.2, 0) is 9.84 Å². The molecule has 0 radical (unpaired) electrons. The van der Waals surface area contributed by atoms with Crippen molar-refractivity contribution in [3.05, 3.63) is 29.3 Å². The molecule has 12 heavy (non-hydrogen) atoms. The number of hydrogen-bond acceptors (Lipinski definition) is 2. The maximum atomic E-state index is 11.3. The molecule has 0 saturated heterocycles. The molecule has 0 unspecified atom stereocenters. The average molecular weight is 205 g/mol. The van der Waals surface area contributed by atoms with E-state index in [1.807, 2.05) is 0 Å². The van der Waals surface area contributed by atoms with E-state index in [9.17, 15) is 8.42 Å². The van der Waals surface area contributed by atoms with Crippen molar-refractivity contribution in [3.8, 4) is 0 Å². The monoisotopic (exact) mass is 204 g/mol. The van der Waals surface area contributed by atoms with Crippen LogP contribution >= 0.6 is 11.6 Å². The number of halogens is 1. The van der Waals surface area contributed by atoms with Gasteiger partial charge in [0.15, 0.2) is 9.84 Å². The van der Waals surface area contributed by atoms with E-state index in [-0.39, 0.29) is 10.6 Å². The number of sulfone groups is 1. The van der Waals surface area contributed by atoms with Gasteiger partial charge in [0.05, 0.1) is 10.6 Å². The van der Waals surface area contributed by atoms with Gasteiger partial charge in [0.2, 0.25) is 0 Å². The molecule has 0 fully saturated rings. The van der Waals surface area contributed by atoms with Crippen LogP contribution in [0.25, 0.3) is 0 Å². The highest BCUT2D eigenvalue weighted by molar-refractivity contribution is 7.91. The molecule has 0 aliphatic rings. The third kappa shape index (κ3) is 1.99. The van der Waals surface area contributed by atoms with Crippen LogP contribution in [-0.4, -0.2) is 14.2 Å². The fraction of sp³-hybridized carbons (Fsp3) is 0.250. The molecule has 0 saturated carbocycles. The second-order valence-electron chi connectivity index (χ2n) is 2.36. The first-order valence-electron chi connectivity index (χ1n) is 3.54. The van der Waals surface area contributed by atoms with Gasteiger partial charge in [-0.05, 0) is 18.2 Å². The summed E-state index contributed by atoms with van der Waals surface area (Å²) in [4.78, 5) is 0.289. The molecule has 0 heterocycles. The van der Waals surface area contributed by atoms with Crippen LogP contribution in [0.2, 0.25) is 5.02 Å². The fourth-order valence-corrected chi connectivity index (χ4v) is 2.01. The van der Waals surface area contributed by atoms with Crippen molar-refractivity contribution >= 4 is 21.4 Å². The van der Waals surface area contributed by atoms with Crippen LogP contribution in [0.15, 0.2) is 29.2 Å². The standard InChI is InChI=1S/C8H9ClO2S/c1-2-12(10,11)8-5-3-4-7(9)6-8/h3-6H,2H2,1H3. The smallest absolute Gasteiger partial charge is 0.178 e. The Morgan fingerprint density at radius 1 is 1.42 bits per heavy atom. The van der Waals surface area contributed by atoms with E-state index >= 15 is 0 Å². The molecule has 0 spiro atoms. The summed E-state index contributed by atoms with van der Waals surface area (Å²) in [7, 11) is -3.11. The zero-order valence-corrected chi connectivity index (χ0v) is 8.19. The lowest BCUT2D eigenvalue weighted by atomic mass is 10.4. The summed E-state index contributed by atoms with van der Waals surface area (Å²) in [6, 6.07) is 6.28. The van der Waals surface area contributed by atoms with E-state index < -0.39 is 9.84 Å². The summed E-state index contributed by atoms with van der Waals surface area (Å²) in [6.45, 7) is 1.61. The minimum atomic E-state index is -3.11. The van der Waals surface area contributed by atoms with E-state index in [1.165, 1.54) is 6.07 Å². The predicted octanol–water partition coefficient (Wildman–Crippen LogP) is 2.13. The quantitative estimate of drug-likeness (QED) is 0.740. The zero-order chi connectivity index (χ0) is 9.19. The van der Waals surface area contributed by atoms with E-state index in [0.29, 0.717) is 5.02 Å². The van der Waals surface area contributed by atoms with Gasteiger partial charge in [0.1, 0.15) is 0 Å². The van der Waals surface area contributed by atoms with Crippen LogP contribution < -0.4 is 0 Å². The van der Waals surface area contributed by atoms with Crippen LogP contribution in [0.5, 0.6) is 0 Å². The van der Waals surface area contributed by atoms with Gasteiger partial charge >= 0.3 is 0 Å². The minimum absolute atomic E-state index is 0.105. The predicted molar refractivity (Wildman–Crippen MR) is 49.2 cm³/mol. The average Bonchev–Trinajstić information content (AvgIpc) is 2.05. The highest BCUT2D eigenvalue weighted by Gasteiger charge is 2.10. The normalized spacial score (nSPS) is 11.5. The van der Waals surface area contributed by atoms with Crippen LogP contribution in [0.4, 0.5) is 0 Å². The van der Waals surface area contributed by atoms with Crippen molar-refractivity contribution in [2.45, 2.75) is 11.8 Å². The second-order valence-corrected chi connectivity index (χ2v) is 5.08. The molecule has 2 nitrogen and oxygen atoms in total. The largest absolute Gasteiger partial charge is 0.224 e. The lowest BCUT2D eigenvalue weighted by Crippen LogP contribution is -2.02. The van der Waals surface area contributed by atoms with E-state index in [4.69, 9.17) is 11.6 Å². The molecule has 0 aliphatic carbocycles. The molecular weight excluding hydrogens is 196 g/mol. The summed E-state index contributed by atoms with van der Waals surface area (Å²) < 4.78 is 22.6. The summed E-state index contributed by atoms with van der Waals surface area (Å²) in [6.07, 6.45) is 0. The number of benzene rings is 1. The van der Waals surface area contributed by atoms with Crippen molar-refractivity contribution in [2.75, 3.05) is 5.75 Å². The molecule has 0 atom stereocenters. The van der Waals surface area contributed by atoms with Gasteiger partial charge in [0, 0.05) is 5.02 Å².